The third-order valence-corrected chi connectivity index (χ3v) is 2.36. The highest BCUT2D eigenvalue weighted by Crippen LogP contribution is 2.25. The van der Waals surface area contributed by atoms with Gasteiger partial charge in [0, 0.05) is 19.7 Å². The minimum atomic E-state index is -4.69. The van der Waals surface area contributed by atoms with E-state index < -0.39 is 6.36 Å². The van der Waals surface area contributed by atoms with Crippen LogP contribution in [0.4, 0.5) is 13.2 Å². The van der Waals surface area contributed by atoms with Crippen LogP contribution < -0.4 is 4.74 Å². The van der Waals surface area contributed by atoms with Crippen LogP contribution in [0.3, 0.4) is 0 Å². The van der Waals surface area contributed by atoms with Gasteiger partial charge in [-0.1, -0.05) is 0 Å². The van der Waals surface area contributed by atoms with Crippen LogP contribution in [0.25, 0.3) is 11.0 Å². The molecule has 4 nitrogen and oxygen atoms in total. The second kappa shape index (κ2) is 4.85. The van der Waals surface area contributed by atoms with E-state index in [0.29, 0.717) is 18.7 Å². The maximum atomic E-state index is 12.0. The van der Waals surface area contributed by atoms with E-state index in [1.165, 1.54) is 12.1 Å². The number of benzene rings is 1. The van der Waals surface area contributed by atoms with Gasteiger partial charge in [-0.15, -0.1) is 13.2 Å². The Labute approximate surface area is 101 Å². The summed E-state index contributed by atoms with van der Waals surface area (Å²) >= 11 is 0. The molecule has 1 heterocycles. The second-order valence-electron chi connectivity index (χ2n) is 3.63. The molecule has 0 spiro atoms. The Morgan fingerprint density at radius 2 is 2.11 bits per heavy atom. The Balaban J connectivity index is 2.25. The molecule has 0 bridgehead atoms. The minimum Gasteiger partial charge on any atom is -0.406 e. The summed E-state index contributed by atoms with van der Waals surface area (Å²) in [5.41, 5.74) is 1.19. The fraction of sp³-hybridized carbons (Fsp3) is 0.364. The van der Waals surface area contributed by atoms with Crippen molar-refractivity contribution in [3.05, 3.63) is 24.5 Å². The molecule has 0 aliphatic carbocycles. The number of nitrogens with zero attached hydrogens (tertiary/aromatic N) is 2. The van der Waals surface area contributed by atoms with Crippen molar-refractivity contribution in [2.45, 2.75) is 12.9 Å². The van der Waals surface area contributed by atoms with Crippen LogP contribution in [-0.2, 0) is 11.3 Å². The van der Waals surface area contributed by atoms with Crippen molar-refractivity contribution in [3.63, 3.8) is 0 Å². The largest absolute Gasteiger partial charge is 0.573 e. The Kier molecular flexibility index (Phi) is 3.42. The first kappa shape index (κ1) is 12.7. The maximum absolute atomic E-state index is 12.0. The number of methoxy groups -OCH3 is 1. The van der Waals surface area contributed by atoms with Crippen LogP contribution in [0.1, 0.15) is 0 Å². The molecule has 18 heavy (non-hydrogen) atoms. The summed E-state index contributed by atoms with van der Waals surface area (Å²) in [6.07, 6.45) is -3.13. The number of halogens is 3. The van der Waals surface area contributed by atoms with E-state index >= 15 is 0 Å². The van der Waals surface area contributed by atoms with Gasteiger partial charge in [-0.05, 0) is 12.1 Å². The SMILES string of the molecule is COCCn1cnc2cc(OC(F)(F)F)ccc21. The molecule has 0 saturated heterocycles. The first-order chi connectivity index (χ1) is 8.49. The maximum Gasteiger partial charge on any atom is 0.573 e. The van der Waals surface area contributed by atoms with E-state index in [1.54, 1.807) is 24.1 Å². The average molecular weight is 260 g/mol. The first-order valence-electron chi connectivity index (χ1n) is 5.19. The van der Waals surface area contributed by atoms with Crippen molar-refractivity contribution in [3.8, 4) is 5.75 Å². The van der Waals surface area contributed by atoms with Crippen LogP contribution in [0.2, 0.25) is 0 Å². The number of aromatic nitrogens is 2. The molecule has 0 aliphatic rings. The minimum absolute atomic E-state index is 0.271. The van der Waals surface area contributed by atoms with Gasteiger partial charge in [0.05, 0.1) is 24.0 Å². The van der Waals surface area contributed by atoms with Crippen LogP contribution in [0.15, 0.2) is 24.5 Å². The van der Waals surface area contributed by atoms with E-state index in [1.807, 2.05) is 0 Å². The monoisotopic (exact) mass is 260 g/mol. The smallest absolute Gasteiger partial charge is 0.406 e. The highest BCUT2D eigenvalue weighted by atomic mass is 19.4. The summed E-state index contributed by atoms with van der Waals surface area (Å²) in [6, 6.07) is 4.06. The van der Waals surface area contributed by atoms with Crippen molar-refractivity contribution in [1.29, 1.82) is 0 Å². The summed E-state index contributed by atoms with van der Waals surface area (Å²) < 4.78 is 46.7. The van der Waals surface area contributed by atoms with Gasteiger partial charge >= 0.3 is 6.36 Å². The molecule has 0 fully saturated rings. The topological polar surface area (TPSA) is 36.3 Å². The molecule has 0 saturated carbocycles. The lowest BCUT2D eigenvalue weighted by Gasteiger charge is -2.08. The average Bonchev–Trinajstić information content (AvgIpc) is 2.66. The zero-order valence-corrected chi connectivity index (χ0v) is 9.57. The second-order valence-corrected chi connectivity index (χ2v) is 3.63. The summed E-state index contributed by atoms with van der Waals surface area (Å²) in [4.78, 5) is 4.02. The molecule has 0 amide bonds. The summed E-state index contributed by atoms with van der Waals surface area (Å²) in [5.74, 6) is -0.271. The van der Waals surface area contributed by atoms with Crippen LogP contribution >= 0.6 is 0 Å². The fourth-order valence-electron chi connectivity index (χ4n) is 1.61. The summed E-state index contributed by atoms with van der Waals surface area (Å²) in [5, 5.41) is 0. The molecule has 0 radical (unpaired) electrons. The number of imidazole rings is 1. The molecular weight excluding hydrogens is 249 g/mol. The zero-order chi connectivity index (χ0) is 13.2. The lowest BCUT2D eigenvalue weighted by molar-refractivity contribution is -0.274. The molecule has 2 aromatic rings. The van der Waals surface area contributed by atoms with Gasteiger partial charge in [-0.3, -0.25) is 0 Å². The number of hydrogen-bond acceptors (Lipinski definition) is 3. The first-order valence-corrected chi connectivity index (χ1v) is 5.19. The molecule has 0 N–H and O–H groups in total. The van der Waals surface area contributed by atoms with Gasteiger partial charge in [-0.2, -0.15) is 0 Å². The summed E-state index contributed by atoms with van der Waals surface area (Å²) in [7, 11) is 1.58. The van der Waals surface area contributed by atoms with Gasteiger partial charge in [0.15, 0.2) is 0 Å². The number of alkyl halides is 3. The fourth-order valence-corrected chi connectivity index (χ4v) is 1.61. The Morgan fingerprint density at radius 1 is 1.33 bits per heavy atom. The summed E-state index contributed by atoms with van der Waals surface area (Å²) in [6.45, 7) is 1.10. The molecule has 0 atom stereocenters. The van der Waals surface area contributed by atoms with E-state index in [4.69, 9.17) is 4.74 Å². The number of rotatable bonds is 4. The lowest BCUT2D eigenvalue weighted by atomic mass is 10.3. The predicted octanol–water partition coefficient (Wildman–Crippen LogP) is 2.58. The molecule has 2 rings (SSSR count). The lowest BCUT2D eigenvalue weighted by Crippen LogP contribution is -2.17. The third kappa shape index (κ3) is 2.92. The highest BCUT2D eigenvalue weighted by molar-refractivity contribution is 5.77. The molecule has 7 heteroatoms. The Hall–Kier alpha value is -1.76. The number of hydrogen-bond donors (Lipinski definition) is 0. The predicted molar refractivity (Wildman–Crippen MR) is 58.3 cm³/mol. The number of fused-ring (bicyclic) bond motifs is 1. The van der Waals surface area contributed by atoms with Crippen LogP contribution in [-0.4, -0.2) is 29.6 Å². The van der Waals surface area contributed by atoms with Crippen molar-refractivity contribution in [2.75, 3.05) is 13.7 Å². The normalized spacial score (nSPS) is 12.0. The molecule has 1 aromatic heterocycles. The van der Waals surface area contributed by atoms with E-state index in [-0.39, 0.29) is 5.75 Å². The van der Waals surface area contributed by atoms with Gasteiger partial charge in [0.25, 0.3) is 0 Å². The Bertz CT molecular complexity index is 537. The van der Waals surface area contributed by atoms with Crippen molar-refractivity contribution in [2.24, 2.45) is 0 Å². The molecule has 0 unspecified atom stereocenters. The van der Waals surface area contributed by atoms with Crippen LogP contribution in [0, 0.1) is 0 Å². The number of ether oxygens (including phenoxy) is 2. The van der Waals surface area contributed by atoms with Gasteiger partial charge in [0.2, 0.25) is 0 Å². The molecule has 98 valence electrons. The van der Waals surface area contributed by atoms with E-state index in [2.05, 4.69) is 9.72 Å². The van der Waals surface area contributed by atoms with Gasteiger partial charge < -0.3 is 14.0 Å². The Morgan fingerprint density at radius 3 is 2.78 bits per heavy atom. The van der Waals surface area contributed by atoms with E-state index in [0.717, 1.165) is 5.52 Å². The third-order valence-electron chi connectivity index (χ3n) is 2.36. The van der Waals surface area contributed by atoms with Gasteiger partial charge in [0.1, 0.15) is 5.75 Å². The molecule has 1 aromatic carbocycles. The van der Waals surface area contributed by atoms with Crippen LogP contribution in [0.5, 0.6) is 5.75 Å². The van der Waals surface area contributed by atoms with Crippen molar-refractivity contribution < 1.29 is 22.6 Å². The molecule has 0 aliphatic heterocycles. The molecular formula is C11H11F3N2O2. The quantitative estimate of drug-likeness (QED) is 0.847. The van der Waals surface area contributed by atoms with E-state index in [9.17, 15) is 13.2 Å². The highest BCUT2D eigenvalue weighted by Gasteiger charge is 2.31. The van der Waals surface area contributed by atoms with Crippen molar-refractivity contribution >= 4 is 11.0 Å². The standard InChI is InChI=1S/C11H11F3N2O2/c1-17-5-4-16-7-15-9-6-8(2-3-10(9)16)18-11(12,13)14/h2-3,6-7H,4-5H2,1H3. The van der Waals surface area contributed by atoms with Gasteiger partial charge in [-0.25, -0.2) is 4.98 Å². The zero-order valence-electron chi connectivity index (χ0n) is 9.57. The van der Waals surface area contributed by atoms with Crippen molar-refractivity contribution in [1.82, 2.24) is 9.55 Å².